The Labute approximate surface area is 160 Å². The highest BCUT2D eigenvalue weighted by atomic mass is 35.9. The second kappa shape index (κ2) is 7.28. The van der Waals surface area contributed by atoms with Crippen molar-refractivity contribution in [1.29, 1.82) is 0 Å². The van der Waals surface area contributed by atoms with E-state index in [9.17, 15) is 0 Å². The predicted octanol–water partition coefficient (Wildman–Crippen LogP) is 8.37. The highest BCUT2D eigenvalue weighted by Gasteiger charge is 2.31. The first-order chi connectivity index (χ1) is 11.3. The molecule has 3 aliphatic rings. The quantitative estimate of drug-likeness (QED) is 0.260. The van der Waals surface area contributed by atoms with Crippen molar-refractivity contribution in [3.05, 3.63) is 48.6 Å². The van der Waals surface area contributed by atoms with E-state index >= 15 is 0 Å². The van der Waals surface area contributed by atoms with Gasteiger partial charge in [0.05, 0.1) is 11.8 Å². The van der Waals surface area contributed by atoms with E-state index in [-0.39, 0.29) is 11.8 Å². The molecule has 3 nitrogen and oxygen atoms in total. The van der Waals surface area contributed by atoms with Crippen LogP contribution < -0.4 is 0 Å². The third-order valence-corrected chi connectivity index (χ3v) is 14.2. The molecule has 0 N–H and O–H groups in total. The Balaban J connectivity index is 2.13. The van der Waals surface area contributed by atoms with Crippen LogP contribution in [0, 0.1) is 35.0 Å². The Kier molecular flexibility index (Phi) is 5.67. The van der Waals surface area contributed by atoms with E-state index in [0.717, 1.165) is 0 Å². The maximum Gasteiger partial charge on any atom is 0.257 e. The minimum Gasteiger partial charge on any atom is -0.190 e. The van der Waals surface area contributed by atoms with Crippen molar-refractivity contribution >= 4 is 64.0 Å². The Morgan fingerprint density at radius 2 is 1.04 bits per heavy atom. The number of allylic oxidation sites excluding steroid dienone is 8. The lowest BCUT2D eigenvalue weighted by molar-refractivity contribution is 1.15. The Morgan fingerprint density at radius 3 is 1.46 bits per heavy atom. The molecule has 0 bridgehead atoms. The minimum atomic E-state index is -3.04. The second-order valence-electron chi connectivity index (χ2n) is 4.88. The van der Waals surface area contributed by atoms with Crippen LogP contribution in [0.5, 0.6) is 0 Å². The van der Waals surface area contributed by atoms with Crippen molar-refractivity contribution in [2.45, 2.75) is 0 Å². The third kappa shape index (κ3) is 4.98. The van der Waals surface area contributed by atoms with Gasteiger partial charge in [-0.3, -0.25) is 0 Å². The predicted molar refractivity (Wildman–Crippen MR) is 111 cm³/mol. The van der Waals surface area contributed by atoms with Gasteiger partial charge in [-0.05, 0) is 56.3 Å². The van der Waals surface area contributed by atoms with Gasteiger partial charge in [0.2, 0.25) is 7.21 Å². The molecule has 0 fully saturated rings. The normalized spacial score (nSPS) is 25.0. The van der Waals surface area contributed by atoms with E-state index in [1.807, 2.05) is 48.6 Å². The third-order valence-electron chi connectivity index (χ3n) is 2.96. The van der Waals surface area contributed by atoms with Crippen molar-refractivity contribution in [1.82, 2.24) is 0 Å². The van der Waals surface area contributed by atoms with Gasteiger partial charge in [0, 0.05) is 0 Å². The fourth-order valence-corrected chi connectivity index (χ4v) is 16.6. The molecule has 10 heteroatoms. The van der Waals surface area contributed by atoms with Gasteiger partial charge in [-0.25, -0.2) is 0 Å². The van der Waals surface area contributed by atoms with Gasteiger partial charge >= 0.3 is 0 Å². The average Bonchev–Trinajstić information content (AvgIpc) is 3.13. The molecule has 0 aromatic carbocycles. The lowest BCUT2D eigenvalue weighted by atomic mass is 10.2. The van der Waals surface area contributed by atoms with Gasteiger partial charge in [-0.1, -0.05) is 60.4 Å². The molecule has 24 heavy (non-hydrogen) atoms. The molecule has 0 atom stereocenters. The molecule has 0 amide bonds. The summed E-state index contributed by atoms with van der Waals surface area (Å²) in [7, 11) is -2.87. The monoisotopic (exact) mass is 453 g/mol. The molecule has 0 aromatic rings. The molecule has 1 heterocycles. The van der Waals surface area contributed by atoms with Crippen LogP contribution in [0.25, 0.3) is 0 Å². The summed E-state index contributed by atoms with van der Waals surface area (Å²) in [6.45, 7) is 0. The van der Waals surface area contributed by atoms with Gasteiger partial charge in [0.25, 0.3) is 11.8 Å². The highest BCUT2D eigenvalue weighted by molar-refractivity contribution is 8.21. The summed E-state index contributed by atoms with van der Waals surface area (Å²) < 4.78 is 12.8. The van der Waals surface area contributed by atoms with E-state index in [4.69, 9.17) is 45.0 Å². The van der Waals surface area contributed by atoms with Gasteiger partial charge in [-0.15, -0.1) is 0 Å². The molecule has 0 radical (unpaired) electrons. The van der Waals surface area contributed by atoms with Crippen molar-refractivity contribution < 1.29 is 0 Å². The lowest BCUT2D eigenvalue weighted by Gasteiger charge is -2.18. The number of rotatable bonds is 0. The van der Waals surface area contributed by atoms with Crippen LogP contribution in [0.3, 0.4) is 0 Å². The summed E-state index contributed by atoms with van der Waals surface area (Å²) in [5, 5.41) is 0. The molecular formula is C14H10Cl4N3P3. The molecule has 124 valence electrons. The summed E-state index contributed by atoms with van der Waals surface area (Å²) in [4.78, 5) is 0. The van der Waals surface area contributed by atoms with Crippen molar-refractivity contribution in [2.75, 3.05) is 0 Å². The van der Waals surface area contributed by atoms with Crippen molar-refractivity contribution in [3.63, 3.8) is 0 Å². The minimum absolute atomic E-state index is 0.0176. The number of hydrogen-bond acceptors (Lipinski definition) is 3. The summed E-state index contributed by atoms with van der Waals surface area (Å²) in [5.74, 6) is 0.0818. The smallest absolute Gasteiger partial charge is 0.190 e. The lowest BCUT2D eigenvalue weighted by Crippen LogP contribution is -1.84. The van der Waals surface area contributed by atoms with Crippen LogP contribution in [-0.2, 0) is 0 Å². The molecule has 0 aromatic heterocycles. The molecule has 1 aliphatic heterocycles. The van der Waals surface area contributed by atoms with Crippen molar-refractivity contribution in [3.8, 4) is 23.2 Å². The van der Waals surface area contributed by atoms with E-state index in [0.29, 0.717) is 0 Å². The largest absolute Gasteiger partial charge is 0.257 e. The first-order valence-corrected chi connectivity index (χ1v) is 15.4. The van der Waals surface area contributed by atoms with Gasteiger partial charge in [-0.2, -0.15) is 13.5 Å². The maximum absolute atomic E-state index is 6.21. The zero-order valence-corrected chi connectivity index (χ0v) is 17.7. The fourth-order valence-electron chi connectivity index (χ4n) is 2.00. The van der Waals surface area contributed by atoms with E-state index in [1.165, 1.54) is 0 Å². The molecule has 0 saturated heterocycles. The summed E-state index contributed by atoms with van der Waals surface area (Å²) in [6.07, 6.45) is 15.5. The molecular weight excluding hydrogens is 445 g/mol. The van der Waals surface area contributed by atoms with Crippen LogP contribution in [0.4, 0.5) is 0 Å². The SMILES string of the molecule is ClP1(Cl)=NP(Cl)(Cl)=NP(C#CC2C=CC=C2)(C#CC2C=CC=C2)=N1. The first kappa shape index (κ1) is 18.7. The summed E-state index contributed by atoms with van der Waals surface area (Å²) >= 11 is 24.8. The van der Waals surface area contributed by atoms with Gasteiger partial charge in [0.1, 0.15) is 0 Å². The topological polar surface area (TPSA) is 37.1 Å². The Bertz CT molecular complexity index is 889. The summed E-state index contributed by atoms with van der Waals surface area (Å²) in [6, 6.07) is 0. The molecule has 0 spiro atoms. The fraction of sp³-hybridized carbons (Fsp3) is 0.143. The number of nitrogens with zero attached hydrogens (tertiary/aromatic N) is 3. The molecule has 0 unspecified atom stereocenters. The molecule has 2 aliphatic carbocycles. The van der Waals surface area contributed by atoms with Crippen LogP contribution in [0.1, 0.15) is 0 Å². The maximum atomic E-state index is 6.21. The van der Waals surface area contributed by atoms with E-state index in [1.54, 1.807) is 0 Å². The van der Waals surface area contributed by atoms with Crippen molar-refractivity contribution in [2.24, 2.45) is 25.4 Å². The average molecular weight is 455 g/mol. The van der Waals surface area contributed by atoms with Crippen LogP contribution in [-0.4, -0.2) is 0 Å². The number of hydrogen-bond donors (Lipinski definition) is 0. The van der Waals surface area contributed by atoms with Gasteiger partial charge < -0.3 is 0 Å². The zero-order chi connectivity index (χ0) is 17.3. The molecule has 0 saturated carbocycles. The number of halogens is 4. The Hall–Kier alpha value is -0.0700. The van der Waals surface area contributed by atoms with Gasteiger partial charge in [0.15, 0.2) is 0 Å². The van der Waals surface area contributed by atoms with Crippen LogP contribution in [0.15, 0.2) is 62.2 Å². The first-order valence-electron chi connectivity index (χ1n) is 6.73. The van der Waals surface area contributed by atoms with Crippen LogP contribution in [0.2, 0.25) is 0 Å². The molecule has 3 rings (SSSR count). The summed E-state index contributed by atoms with van der Waals surface area (Å²) in [5.41, 5.74) is 6.15. The van der Waals surface area contributed by atoms with Crippen LogP contribution >= 0.6 is 64.0 Å². The standard InChI is InChI=1S/C14H10Cl4N3P3/c15-23(16)19-22(20-24(17,18)21-23,11-9-13-5-1-2-6-13)12-10-14-7-3-4-8-14/h1-8,13-14H. The second-order valence-corrected chi connectivity index (χ2v) is 17.2. The highest BCUT2D eigenvalue weighted by Crippen LogP contribution is 2.85. The zero-order valence-electron chi connectivity index (χ0n) is 12.0. The Morgan fingerprint density at radius 1 is 0.625 bits per heavy atom. The van der Waals surface area contributed by atoms with E-state index < -0.39 is 19.0 Å². The van der Waals surface area contributed by atoms with E-state index in [2.05, 4.69) is 36.7 Å².